The van der Waals surface area contributed by atoms with Crippen molar-refractivity contribution < 1.29 is 57.0 Å². The normalized spacial score (nSPS) is 24.7. The molecule has 4 fully saturated rings. The lowest BCUT2D eigenvalue weighted by Crippen LogP contribution is -2.30. The van der Waals surface area contributed by atoms with Gasteiger partial charge in [0, 0.05) is 38.7 Å². The molecule has 0 aromatic carbocycles. The number of hydrogen-bond acceptors (Lipinski definition) is 12. The summed E-state index contributed by atoms with van der Waals surface area (Å²) in [5.41, 5.74) is 0. The summed E-state index contributed by atoms with van der Waals surface area (Å²) in [7, 11) is 0. The van der Waals surface area contributed by atoms with Crippen LogP contribution in [0.4, 0.5) is 0 Å². The Labute approximate surface area is 420 Å². The maximum atomic E-state index is 12.9. The minimum absolute atomic E-state index is 0.116. The molecule has 402 valence electrons. The van der Waals surface area contributed by atoms with Gasteiger partial charge in [-0.3, -0.25) is 14.4 Å². The molecule has 4 heterocycles. The van der Waals surface area contributed by atoms with Gasteiger partial charge in [-0.2, -0.15) is 0 Å². The third kappa shape index (κ3) is 30.1. The van der Waals surface area contributed by atoms with E-state index in [1.807, 2.05) is 0 Å². The van der Waals surface area contributed by atoms with Crippen molar-refractivity contribution >= 4 is 17.9 Å². The fraction of sp³-hybridized carbons (Fsp3) is 0.947. The SMILES string of the molecule is CCCCCOC(C)CC1OC1CCCCCCCC(=O)OC(COC(=O)CCCCCCCC(C)OCC1OC1CCCCC)COC(=O)CCCCCCCC1OC1CC1OC1CCCCC. The summed E-state index contributed by atoms with van der Waals surface area (Å²) in [6, 6.07) is 0. The molecule has 0 radical (unpaired) electrons. The molecular formula is C57H102O12. The lowest BCUT2D eigenvalue weighted by Gasteiger charge is -2.18. The first-order valence-corrected chi connectivity index (χ1v) is 29.0. The van der Waals surface area contributed by atoms with Crippen molar-refractivity contribution in [3.63, 3.8) is 0 Å². The first kappa shape index (κ1) is 59.7. The van der Waals surface area contributed by atoms with Gasteiger partial charge in [0.2, 0.25) is 0 Å². The van der Waals surface area contributed by atoms with Gasteiger partial charge in [-0.05, 0) is 71.6 Å². The molecule has 0 spiro atoms. The third-order valence-electron chi connectivity index (χ3n) is 14.5. The summed E-state index contributed by atoms with van der Waals surface area (Å²) >= 11 is 0. The van der Waals surface area contributed by atoms with Crippen LogP contribution in [0.3, 0.4) is 0 Å². The predicted molar refractivity (Wildman–Crippen MR) is 271 cm³/mol. The summed E-state index contributed by atoms with van der Waals surface area (Å²) in [5.74, 6) is -0.987. The van der Waals surface area contributed by atoms with Crippen molar-refractivity contribution in [1.82, 2.24) is 0 Å². The van der Waals surface area contributed by atoms with Gasteiger partial charge >= 0.3 is 17.9 Å². The number of hydrogen-bond donors (Lipinski definition) is 0. The average molecular weight is 979 g/mol. The summed E-state index contributed by atoms with van der Waals surface area (Å²) in [4.78, 5) is 38.4. The first-order chi connectivity index (χ1) is 33.7. The Morgan fingerprint density at radius 3 is 1.39 bits per heavy atom. The van der Waals surface area contributed by atoms with Gasteiger partial charge in [0.15, 0.2) is 6.10 Å². The summed E-state index contributed by atoms with van der Waals surface area (Å²) in [5, 5.41) is 0. The minimum Gasteiger partial charge on any atom is -0.462 e. The second kappa shape index (κ2) is 37.0. The quantitative estimate of drug-likeness (QED) is 0.0247. The van der Waals surface area contributed by atoms with Gasteiger partial charge in [-0.15, -0.1) is 0 Å². The fourth-order valence-corrected chi connectivity index (χ4v) is 9.69. The molecule has 4 aliphatic rings. The van der Waals surface area contributed by atoms with E-state index in [1.54, 1.807) is 0 Å². The Morgan fingerprint density at radius 1 is 0.420 bits per heavy atom. The van der Waals surface area contributed by atoms with Gasteiger partial charge in [0.25, 0.3) is 0 Å². The van der Waals surface area contributed by atoms with Crippen LogP contribution in [-0.2, 0) is 57.0 Å². The van der Waals surface area contributed by atoms with E-state index >= 15 is 0 Å². The van der Waals surface area contributed by atoms with Crippen LogP contribution >= 0.6 is 0 Å². The van der Waals surface area contributed by atoms with E-state index in [2.05, 4.69) is 34.6 Å². The highest BCUT2D eigenvalue weighted by Gasteiger charge is 2.47. The van der Waals surface area contributed by atoms with Crippen LogP contribution in [0, 0.1) is 0 Å². The Kier molecular flexibility index (Phi) is 32.0. The number of carbonyl (C=O) groups excluding carboxylic acids is 3. The molecule has 0 aromatic rings. The molecule has 0 N–H and O–H groups in total. The molecule has 0 saturated carbocycles. The lowest BCUT2D eigenvalue weighted by molar-refractivity contribution is -0.167. The zero-order chi connectivity index (χ0) is 49.3. The van der Waals surface area contributed by atoms with E-state index in [4.69, 9.17) is 42.6 Å². The molecule has 0 aromatic heterocycles. The first-order valence-electron chi connectivity index (χ1n) is 29.0. The van der Waals surface area contributed by atoms with E-state index in [0.717, 1.165) is 148 Å². The average Bonchev–Trinajstić information content (AvgIpc) is 4.17. The molecule has 0 bridgehead atoms. The zero-order valence-electron chi connectivity index (χ0n) is 44.6. The largest absolute Gasteiger partial charge is 0.462 e. The zero-order valence-corrected chi connectivity index (χ0v) is 44.6. The van der Waals surface area contributed by atoms with Crippen molar-refractivity contribution in [2.45, 2.75) is 320 Å². The number of ether oxygens (including phenoxy) is 9. The van der Waals surface area contributed by atoms with Crippen molar-refractivity contribution in [3.05, 3.63) is 0 Å². The molecule has 0 amide bonds. The monoisotopic (exact) mass is 979 g/mol. The Balaban J connectivity index is 1.02. The van der Waals surface area contributed by atoms with Crippen molar-refractivity contribution in [2.75, 3.05) is 26.4 Å². The highest BCUT2D eigenvalue weighted by atomic mass is 16.6. The van der Waals surface area contributed by atoms with Crippen LogP contribution in [0.25, 0.3) is 0 Å². The third-order valence-corrected chi connectivity index (χ3v) is 14.5. The van der Waals surface area contributed by atoms with Crippen LogP contribution in [-0.4, -0.2) is 111 Å². The number of unbranched alkanes of at least 4 members (excludes halogenated alkanes) is 18. The molecule has 0 aliphatic carbocycles. The second-order valence-electron chi connectivity index (χ2n) is 21.2. The molecule has 4 saturated heterocycles. The lowest BCUT2D eigenvalue weighted by atomic mass is 10.0. The summed E-state index contributed by atoms with van der Waals surface area (Å²) < 4.78 is 52.3. The van der Waals surface area contributed by atoms with Crippen molar-refractivity contribution in [2.24, 2.45) is 0 Å². The molecule has 11 atom stereocenters. The molecular weight excluding hydrogens is 877 g/mol. The highest BCUT2D eigenvalue weighted by molar-refractivity contribution is 5.71. The molecule has 12 heteroatoms. The molecule has 69 heavy (non-hydrogen) atoms. The van der Waals surface area contributed by atoms with Gasteiger partial charge < -0.3 is 42.6 Å². The second-order valence-corrected chi connectivity index (χ2v) is 21.2. The maximum Gasteiger partial charge on any atom is 0.306 e. The Bertz CT molecular complexity index is 1300. The molecule has 4 rings (SSSR count). The van der Waals surface area contributed by atoms with Crippen LogP contribution < -0.4 is 0 Å². The van der Waals surface area contributed by atoms with E-state index in [1.165, 1.54) is 57.8 Å². The minimum atomic E-state index is -0.823. The number of carbonyl (C=O) groups is 3. The highest BCUT2D eigenvalue weighted by Crippen LogP contribution is 2.39. The Hall–Kier alpha value is -1.83. The van der Waals surface area contributed by atoms with Crippen LogP contribution in [0.15, 0.2) is 0 Å². The fourth-order valence-electron chi connectivity index (χ4n) is 9.69. The standard InChI is InChI=1S/C57H102O12/c1-6-9-21-31-48-52(67-48)40-53-49(68-53)34-25-16-13-19-27-36-56(59)64-42-46(65-57(60)37-28-20-14-17-24-33-47-51(66-47)39-45(5)61-38-29-11-8-3)41-63-55(58)35-26-18-12-15-23-30-44(4)62-43-54-50(69-54)32-22-10-7-2/h44-54H,6-43H2,1-5H3. The maximum absolute atomic E-state index is 12.9. The number of epoxide rings is 4. The van der Waals surface area contributed by atoms with Gasteiger partial charge in [0.05, 0.1) is 61.5 Å². The van der Waals surface area contributed by atoms with E-state index in [-0.39, 0.29) is 55.9 Å². The number of rotatable bonds is 49. The molecule has 4 aliphatic heterocycles. The smallest absolute Gasteiger partial charge is 0.306 e. The van der Waals surface area contributed by atoms with E-state index in [9.17, 15) is 14.4 Å². The van der Waals surface area contributed by atoms with Gasteiger partial charge in [-0.25, -0.2) is 0 Å². The summed E-state index contributed by atoms with van der Waals surface area (Å²) in [6.45, 7) is 12.3. The van der Waals surface area contributed by atoms with Crippen molar-refractivity contribution in [1.29, 1.82) is 0 Å². The van der Waals surface area contributed by atoms with E-state index < -0.39 is 6.10 Å². The Morgan fingerprint density at radius 2 is 0.841 bits per heavy atom. The van der Waals surface area contributed by atoms with Crippen LogP contribution in [0.1, 0.15) is 253 Å². The number of esters is 3. The van der Waals surface area contributed by atoms with Crippen LogP contribution in [0.2, 0.25) is 0 Å². The predicted octanol–water partition coefficient (Wildman–Crippen LogP) is 13.2. The topological polar surface area (TPSA) is 147 Å². The van der Waals surface area contributed by atoms with Crippen LogP contribution in [0.5, 0.6) is 0 Å². The van der Waals surface area contributed by atoms with Gasteiger partial charge in [-0.1, -0.05) is 149 Å². The molecule has 11 unspecified atom stereocenters. The summed E-state index contributed by atoms with van der Waals surface area (Å²) in [6.07, 6.45) is 37.2. The molecule has 12 nitrogen and oxygen atoms in total. The van der Waals surface area contributed by atoms with Crippen molar-refractivity contribution in [3.8, 4) is 0 Å². The van der Waals surface area contributed by atoms with Gasteiger partial charge in [0.1, 0.15) is 19.3 Å². The van der Waals surface area contributed by atoms with E-state index in [0.29, 0.717) is 62.2 Å².